The van der Waals surface area contributed by atoms with Gasteiger partial charge < -0.3 is 19.3 Å². The Kier molecular flexibility index (Phi) is 6.31. The van der Waals surface area contributed by atoms with Crippen LogP contribution in [0.1, 0.15) is 30.1 Å². The monoisotopic (exact) mass is 449 g/mol. The van der Waals surface area contributed by atoms with Gasteiger partial charge in [-0.2, -0.15) is 0 Å². The van der Waals surface area contributed by atoms with Crippen LogP contribution in [0.4, 0.5) is 5.69 Å². The van der Waals surface area contributed by atoms with Gasteiger partial charge in [0.1, 0.15) is 0 Å². The van der Waals surface area contributed by atoms with Crippen molar-refractivity contribution in [3.8, 4) is 17.2 Å². The number of piperidine rings is 1. The van der Waals surface area contributed by atoms with Gasteiger partial charge in [0.05, 0.1) is 30.9 Å². The molecule has 0 radical (unpaired) electrons. The Morgan fingerprint density at radius 2 is 1.76 bits per heavy atom. The van der Waals surface area contributed by atoms with E-state index in [2.05, 4.69) is 6.92 Å². The first-order valence-electron chi connectivity index (χ1n) is 11.2. The van der Waals surface area contributed by atoms with E-state index in [1.165, 1.54) is 7.11 Å². The topological polar surface area (TPSA) is 64.0 Å². The van der Waals surface area contributed by atoms with E-state index >= 15 is 0 Å². The summed E-state index contributed by atoms with van der Waals surface area (Å²) in [6.45, 7) is 3.59. The summed E-state index contributed by atoms with van der Waals surface area (Å²) in [5.41, 5.74) is 1.92. The Morgan fingerprint density at radius 1 is 1.06 bits per heavy atom. The summed E-state index contributed by atoms with van der Waals surface area (Å²) in [5.74, 6) is 1.31. The number of benzene rings is 2. The van der Waals surface area contributed by atoms with E-state index in [1.807, 2.05) is 48.2 Å². The number of fused-ring (bicyclic) bond motifs is 1. The average molecular weight is 450 g/mol. The fourth-order valence-electron chi connectivity index (χ4n) is 4.49. The van der Waals surface area contributed by atoms with E-state index in [0.29, 0.717) is 52.5 Å². The highest BCUT2D eigenvalue weighted by Gasteiger charge is 2.26. The van der Waals surface area contributed by atoms with E-state index in [0.717, 1.165) is 18.5 Å². The molecule has 7 nitrogen and oxygen atoms in total. The molecule has 4 rings (SSSR count). The van der Waals surface area contributed by atoms with Crippen molar-refractivity contribution >= 4 is 22.4 Å². The molecular weight excluding hydrogens is 418 g/mol. The predicted octanol–water partition coefficient (Wildman–Crippen LogP) is 3.95. The molecule has 7 heteroatoms. The lowest BCUT2D eigenvalue weighted by Crippen LogP contribution is -2.39. The number of amides is 1. The van der Waals surface area contributed by atoms with Gasteiger partial charge in [-0.15, -0.1) is 0 Å². The number of carbonyl (C=O) groups excluding carboxylic acids is 1. The minimum atomic E-state index is -0.217. The zero-order valence-corrected chi connectivity index (χ0v) is 19.9. The second kappa shape index (κ2) is 9.17. The zero-order chi connectivity index (χ0) is 23.7. The van der Waals surface area contributed by atoms with Gasteiger partial charge in [0.15, 0.2) is 11.5 Å². The zero-order valence-electron chi connectivity index (χ0n) is 19.9. The number of methoxy groups -OCH3 is 2. The quantitative estimate of drug-likeness (QED) is 0.590. The van der Waals surface area contributed by atoms with Crippen LogP contribution in [0.3, 0.4) is 0 Å². The molecule has 2 aromatic carbocycles. The molecule has 0 saturated carbocycles. The van der Waals surface area contributed by atoms with Crippen LogP contribution in [0.25, 0.3) is 16.5 Å². The standard InChI is InChI=1S/C26H31N3O4/c1-17-8-7-11-28(15-17)25(30)22-16-29(19-10-6-9-18(12-19)27(2)3)26(31)21-14-24(33-5)23(32-4)13-20(21)22/h6,9-10,12-14,16-17H,7-8,11,15H2,1-5H3. The Bertz CT molecular complexity index is 1250. The first kappa shape index (κ1) is 22.7. The van der Waals surface area contributed by atoms with Crippen molar-refractivity contribution in [3.05, 3.63) is 58.5 Å². The maximum atomic E-state index is 13.7. The van der Waals surface area contributed by atoms with Crippen LogP contribution in [0, 0.1) is 5.92 Å². The Balaban J connectivity index is 1.98. The highest BCUT2D eigenvalue weighted by Crippen LogP contribution is 2.33. The maximum absolute atomic E-state index is 13.7. The van der Waals surface area contributed by atoms with Crippen molar-refractivity contribution in [2.75, 3.05) is 46.3 Å². The Morgan fingerprint density at radius 3 is 2.39 bits per heavy atom. The number of likely N-dealkylation sites (tertiary alicyclic amines) is 1. The van der Waals surface area contributed by atoms with Crippen molar-refractivity contribution in [2.45, 2.75) is 19.8 Å². The van der Waals surface area contributed by atoms with Crippen LogP contribution in [0.2, 0.25) is 0 Å². The van der Waals surface area contributed by atoms with Gasteiger partial charge in [0.2, 0.25) is 0 Å². The largest absolute Gasteiger partial charge is 0.493 e. The normalized spacial score (nSPS) is 16.0. The Hall–Kier alpha value is -3.48. The third kappa shape index (κ3) is 4.27. The lowest BCUT2D eigenvalue weighted by atomic mass is 9.98. The molecule has 0 bridgehead atoms. The minimum absolute atomic E-state index is 0.0729. The number of hydrogen-bond donors (Lipinski definition) is 0. The van der Waals surface area contributed by atoms with E-state index in [9.17, 15) is 9.59 Å². The predicted molar refractivity (Wildman–Crippen MR) is 131 cm³/mol. The molecule has 0 N–H and O–H groups in total. The summed E-state index contributed by atoms with van der Waals surface area (Å²) in [6.07, 6.45) is 3.77. The second-order valence-corrected chi connectivity index (χ2v) is 8.88. The van der Waals surface area contributed by atoms with Gasteiger partial charge in [-0.25, -0.2) is 0 Å². The number of aromatic nitrogens is 1. The number of nitrogens with zero attached hydrogens (tertiary/aromatic N) is 3. The fourth-order valence-corrected chi connectivity index (χ4v) is 4.49. The Labute approximate surface area is 194 Å². The lowest BCUT2D eigenvalue weighted by Gasteiger charge is -2.31. The van der Waals surface area contributed by atoms with Crippen molar-refractivity contribution in [1.82, 2.24) is 9.47 Å². The second-order valence-electron chi connectivity index (χ2n) is 8.88. The van der Waals surface area contributed by atoms with Crippen LogP contribution >= 0.6 is 0 Å². The summed E-state index contributed by atoms with van der Waals surface area (Å²) in [4.78, 5) is 31.2. The molecule has 1 aliphatic heterocycles. The molecule has 3 aromatic rings. The highest BCUT2D eigenvalue weighted by atomic mass is 16.5. The smallest absolute Gasteiger partial charge is 0.263 e. The van der Waals surface area contributed by atoms with E-state index in [-0.39, 0.29) is 11.5 Å². The van der Waals surface area contributed by atoms with Crippen LogP contribution in [0.15, 0.2) is 47.4 Å². The molecule has 1 fully saturated rings. The van der Waals surface area contributed by atoms with Crippen molar-refractivity contribution in [3.63, 3.8) is 0 Å². The molecule has 1 saturated heterocycles. The van der Waals surface area contributed by atoms with E-state index in [4.69, 9.17) is 9.47 Å². The molecule has 0 aliphatic carbocycles. The van der Waals surface area contributed by atoms with Gasteiger partial charge in [-0.1, -0.05) is 13.0 Å². The molecule has 1 aromatic heterocycles. The van der Waals surface area contributed by atoms with Crippen molar-refractivity contribution in [2.24, 2.45) is 5.92 Å². The number of ether oxygens (including phenoxy) is 2. The summed E-state index contributed by atoms with van der Waals surface area (Å²) >= 11 is 0. The van der Waals surface area contributed by atoms with E-state index < -0.39 is 0 Å². The first-order chi connectivity index (χ1) is 15.8. The molecular formula is C26H31N3O4. The number of rotatable bonds is 5. The van der Waals surface area contributed by atoms with E-state index in [1.54, 1.807) is 30.0 Å². The third-order valence-electron chi connectivity index (χ3n) is 6.32. The third-order valence-corrected chi connectivity index (χ3v) is 6.32. The molecule has 174 valence electrons. The molecule has 0 spiro atoms. The summed E-state index contributed by atoms with van der Waals surface area (Å²) in [7, 11) is 6.98. The number of pyridine rings is 1. The van der Waals surface area contributed by atoms with Gasteiger partial charge in [-0.3, -0.25) is 14.2 Å². The number of carbonyl (C=O) groups is 1. The van der Waals surface area contributed by atoms with Crippen LogP contribution in [-0.4, -0.2) is 56.8 Å². The fraction of sp³-hybridized carbons (Fsp3) is 0.385. The molecule has 1 amide bonds. The summed E-state index contributed by atoms with van der Waals surface area (Å²) < 4.78 is 12.5. The first-order valence-corrected chi connectivity index (χ1v) is 11.2. The molecule has 1 atom stereocenters. The van der Waals surface area contributed by atoms with Crippen LogP contribution in [-0.2, 0) is 0 Å². The summed E-state index contributed by atoms with van der Waals surface area (Å²) in [5, 5.41) is 0.986. The van der Waals surface area contributed by atoms with Gasteiger partial charge >= 0.3 is 0 Å². The lowest BCUT2D eigenvalue weighted by molar-refractivity contribution is 0.0684. The van der Waals surface area contributed by atoms with Gasteiger partial charge in [0.25, 0.3) is 11.5 Å². The number of anilines is 1. The minimum Gasteiger partial charge on any atom is -0.493 e. The average Bonchev–Trinajstić information content (AvgIpc) is 2.83. The summed E-state index contributed by atoms with van der Waals surface area (Å²) in [6, 6.07) is 11.1. The highest BCUT2D eigenvalue weighted by molar-refractivity contribution is 6.07. The van der Waals surface area contributed by atoms with Crippen LogP contribution < -0.4 is 19.9 Å². The number of hydrogen-bond acceptors (Lipinski definition) is 5. The van der Waals surface area contributed by atoms with Gasteiger partial charge in [-0.05, 0) is 49.1 Å². The molecule has 2 heterocycles. The van der Waals surface area contributed by atoms with Crippen molar-refractivity contribution in [1.29, 1.82) is 0 Å². The van der Waals surface area contributed by atoms with Crippen molar-refractivity contribution < 1.29 is 14.3 Å². The van der Waals surface area contributed by atoms with Gasteiger partial charge in [0, 0.05) is 44.5 Å². The molecule has 33 heavy (non-hydrogen) atoms. The SMILES string of the molecule is COc1cc2c(C(=O)N3CCCC(C)C3)cn(-c3cccc(N(C)C)c3)c(=O)c2cc1OC. The molecule has 1 unspecified atom stereocenters. The van der Waals surface area contributed by atoms with Crippen LogP contribution in [0.5, 0.6) is 11.5 Å². The molecule has 1 aliphatic rings. The maximum Gasteiger partial charge on any atom is 0.263 e.